The van der Waals surface area contributed by atoms with Crippen LogP contribution in [-0.4, -0.2) is 11.7 Å². The predicted octanol–water partition coefficient (Wildman–Crippen LogP) is 4.46. The molecule has 4 nitrogen and oxygen atoms in total. The van der Waals surface area contributed by atoms with Gasteiger partial charge in [-0.25, -0.2) is 10.2 Å². The molecule has 0 atom stereocenters. The molecule has 0 saturated carbocycles. The van der Waals surface area contributed by atoms with Gasteiger partial charge < -0.3 is 5.32 Å². The van der Waals surface area contributed by atoms with Gasteiger partial charge in [0.05, 0.1) is 5.71 Å². The summed E-state index contributed by atoms with van der Waals surface area (Å²) < 4.78 is 0. The number of rotatable bonds is 5. The fourth-order valence-electron chi connectivity index (χ4n) is 2.42. The third kappa shape index (κ3) is 5.04. The Hall–Kier alpha value is -3.40. The molecule has 0 fully saturated rings. The van der Waals surface area contributed by atoms with Crippen LogP contribution >= 0.6 is 0 Å². The van der Waals surface area contributed by atoms with Crippen LogP contribution in [0.3, 0.4) is 0 Å². The zero-order valence-electron chi connectivity index (χ0n) is 13.7. The van der Waals surface area contributed by atoms with Gasteiger partial charge in [-0.05, 0) is 23.3 Å². The molecule has 0 unspecified atom stereocenters. The normalized spacial score (nSPS) is 11.0. The Morgan fingerprint density at radius 2 is 1.32 bits per heavy atom. The molecular formula is C21H19N3O. The van der Waals surface area contributed by atoms with Gasteiger partial charge in [0.2, 0.25) is 0 Å². The number of carbonyl (C=O) groups is 1. The topological polar surface area (TPSA) is 53.5 Å². The molecule has 0 spiro atoms. The highest BCUT2D eigenvalue weighted by atomic mass is 16.2. The molecule has 0 radical (unpaired) electrons. The van der Waals surface area contributed by atoms with Crippen LogP contribution in [0.15, 0.2) is 96.1 Å². The van der Waals surface area contributed by atoms with E-state index in [-0.39, 0.29) is 6.03 Å². The number of hydrogen-bond donors (Lipinski definition) is 2. The molecule has 0 bridgehead atoms. The van der Waals surface area contributed by atoms with Crippen LogP contribution in [0.5, 0.6) is 0 Å². The highest BCUT2D eigenvalue weighted by Gasteiger charge is 2.07. The van der Waals surface area contributed by atoms with Crippen LogP contribution in [0, 0.1) is 0 Å². The van der Waals surface area contributed by atoms with Crippen molar-refractivity contribution in [1.82, 2.24) is 5.43 Å². The van der Waals surface area contributed by atoms with Crippen LogP contribution in [0.25, 0.3) is 0 Å². The third-order valence-electron chi connectivity index (χ3n) is 3.65. The van der Waals surface area contributed by atoms with E-state index in [9.17, 15) is 4.79 Å². The van der Waals surface area contributed by atoms with Crippen LogP contribution in [-0.2, 0) is 6.42 Å². The van der Waals surface area contributed by atoms with Crippen molar-refractivity contribution in [2.24, 2.45) is 5.10 Å². The Morgan fingerprint density at radius 3 is 1.96 bits per heavy atom. The van der Waals surface area contributed by atoms with Gasteiger partial charge in [-0.15, -0.1) is 0 Å². The average Bonchev–Trinajstić information content (AvgIpc) is 2.67. The number of carbonyl (C=O) groups excluding carboxylic acids is 1. The molecule has 25 heavy (non-hydrogen) atoms. The molecule has 2 amide bonds. The van der Waals surface area contributed by atoms with Crippen LogP contribution in [0.1, 0.15) is 11.1 Å². The zero-order valence-corrected chi connectivity index (χ0v) is 13.7. The summed E-state index contributed by atoms with van der Waals surface area (Å²) in [7, 11) is 0. The fraction of sp³-hybridized carbons (Fsp3) is 0.0476. The maximum absolute atomic E-state index is 12.1. The van der Waals surface area contributed by atoms with Gasteiger partial charge in [-0.1, -0.05) is 78.9 Å². The first-order valence-electron chi connectivity index (χ1n) is 8.09. The molecule has 0 aliphatic carbocycles. The average molecular weight is 329 g/mol. The Morgan fingerprint density at radius 1 is 0.760 bits per heavy atom. The minimum Gasteiger partial charge on any atom is -0.307 e. The van der Waals surface area contributed by atoms with E-state index in [0.29, 0.717) is 6.42 Å². The third-order valence-corrected chi connectivity index (χ3v) is 3.65. The van der Waals surface area contributed by atoms with Gasteiger partial charge >= 0.3 is 6.03 Å². The van der Waals surface area contributed by atoms with Crippen molar-refractivity contribution >= 4 is 17.4 Å². The smallest absolute Gasteiger partial charge is 0.307 e. The van der Waals surface area contributed by atoms with Gasteiger partial charge in [0.15, 0.2) is 0 Å². The SMILES string of the molecule is O=C(NN=C(Cc1ccccc1)c1ccccc1)Nc1ccccc1. The number of amides is 2. The van der Waals surface area contributed by atoms with Crippen molar-refractivity contribution in [2.75, 3.05) is 5.32 Å². The van der Waals surface area contributed by atoms with E-state index < -0.39 is 0 Å². The molecule has 0 aliphatic heterocycles. The van der Waals surface area contributed by atoms with Gasteiger partial charge in [0, 0.05) is 12.1 Å². The first kappa shape index (κ1) is 16.5. The Kier molecular flexibility index (Phi) is 5.56. The summed E-state index contributed by atoms with van der Waals surface area (Å²) >= 11 is 0. The fourth-order valence-corrected chi connectivity index (χ4v) is 2.42. The predicted molar refractivity (Wildman–Crippen MR) is 102 cm³/mol. The molecule has 3 rings (SSSR count). The molecule has 3 aromatic carbocycles. The lowest BCUT2D eigenvalue weighted by Crippen LogP contribution is -2.26. The summed E-state index contributed by atoms with van der Waals surface area (Å²) in [6.07, 6.45) is 0.635. The number of nitrogens with zero attached hydrogens (tertiary/aromatic N) is 1. The van der Waals surface area contributed by atoms with Crippen molar-refractivity contribution in [1.29, 1.82) is 0 Å². The Balaban J connectivity index is 1.74. The second-order valence-corrected chi connectivity index (χ2v) is 5.52. The largest absolute Gasteiger partial charge is 0.339 e. The van der Waals surface area contributed by atoms with Crippen molar-refractivity contribution in [2.45, 2.75) is 6.42 Å². The number of hydrazone groups is 1. The maximum Gasteiger partial charge on any atom is 0.339 e. The molecule has 0 heterocycles. The molecule has 2 N–H and O–H groups in total. The second kappa shape index (κ2) is 8.45. The summed E-state index contributed by atoms with van der Waals surface area (Å²) in [6, 6.07) is 28.8. The molecule has 124 valence electrons. The van der Waals surface area contributed by atoms with E-state index in [4.69, 9.17) is 0 Å². The maximum atomic E-state index is 12.1. The van der Waals surface area contributed by atoms with E-state index in [0.717, 1.165) is 22.5 Å². The number of hydrogen-bond acceptors (Lipinski definition) is 2. The Bertz CT molecular complexity index is 831. The molecular weight excluding hydrogens is 310 g/mol. The lowest BCUT2D eigenvalue weighted by Gasteiger charge is -2.09. The van der Waals surface area contributed by atoms with Crippen molar-refractivity contribution in [3.63, 3.8) is 0 Å². The molecule has 4 heteroatoms. The quantitative estimate of drug-likeness (QED) is 0.527. The van der Waals surface area contributed by atoms with Crippen LogP contribution < -0.4 is 10.7 Å². The number of nitrogens with one attached hydrogen (secondary N) is 2. The summed E-state index contributed by atoms with van der Waals surface area (Å²) in [5.41, 5.74) is 6.22. The van der Waals surface area contributed by atoms with Crippen LogP contribution in [0.4, 0.5) is 10.5 Å². The van der Waals surface area contributed by atoms with E-state index in [2.05, 4.69) is 15.8 Å². The highest BCUT2D eigenvalue weighted by molar-refractivity contribution is 6.02. The van der Waals surface area contributed by atoms with E-state index in [1.165, 1.54) is 0 Å². The summed E-state index contributed by atoms with van der Waals surface area (Å²) in [4.78, 5) is 12.1. The highest BCUT2D eigenvalue weighted by Crippen LogP contribution is 2.09. The lowest BCUT2D eigenvalue weighted by atomic mass is 10.0. The minimum atomic E-state index is -0.368. The van der Waals surface area contributed by atoms with Gasteiger partial charge in [-0.3, -0.25) is 0 Å². The van der Waals surface area contributed by atoms with Gasteiger partial charge in [0.25, 0.3) is 0 Å². The zero-order chi connectivity index (χ0) is 17.3. The van der Waals surface area contributed by atoms with Crippen molar-refractivity contribution in [3.8, 4) is 0 Å². The van der Waals surface area contributed by atoms with E-state index in [1.54, 1.807) is 0 Å². The minimum absolute atomic E-state index is 0.368. The summed E-state index contributed by atoms with van der Waals surface area (Å²) in [5, 5.41) is 7.10. The number of benzene rings is 3. The van der Waals surface area contributed by atoms with Crippen LogP contribution in [0.2, 0.25) is 0 Å². The first-order chi connectivity index (χ1) is 12.3. The van der Waals surface area contributed by atoms with Crippen molar-refractivity contribution < 1.29 is 4.79 Å². The van der Waals surface area contributed by atoms with E-state index >= 15 is 0 Å². The monoisotopic (exact) mass is 329 g/mol. The van der Waals surface area contributed by atoms with E-state index in [1.807, 2.05) is 91.0 Å². The molecule has 3 aromatic rings. The molecule has 0 aromatic heterocycles. The van der Waals surface area contributed by atoms with Gasteiger partial charge in [0.1, 0.15) is 0 Å². The number of urea groups is 1. The second-order valence-electron chi connectivity index (χ2n) is 5.52. The lowest BCUT2D eigenvalue weighted by molar-refractivity contribution is 0.252. The molecule has 0 saturated heterocycles. The number of anilines is 1. The summed E-state index contributed by atoms with van der Waals surface area (Å²) in [6.45, 7) is 0. The summed E-state index contributed by atoms with van der Waals surface area (Å²) in [5.74, 6) is 0. The number of para-hydroxylation sites is 1. The Labute approximate surface area is 147 Å². The standard InChI is InChI=1S/C21H19N3O/c25-21(22-19-14-8-3-9-15-19)24-23-20(18-12-6-2-7-13-18)16-17-10-4-1-5-11-17/h1-15H,16H2,(H2,22,24,25). The van der Waals surface area contributed by atoms with Gasteiger partial charge in [-0.2, -0.15) is 5.10 Å². The first-order valence-corrected chi connectivity index (χ1v) is 8.09. The molecule has 0 aliphatic rings. The van der Waals surface area contributed by atoms with Crippen molar-refractivity contribution in [3.05, 3.63) is 102 Å².